The molecule has 7 heteroatoms. The second-order valence-electron chi connectivity index (χ2n) is 4.89. The highest BCUT2D eigenvalue weighted by atomic mass is 35.5. The molecule has 0 bridgehead atoms. The molecule has 3 unspecified atom stereocenters. The van der Waals surface area contributed by atoms with Gasteiger partial charge in [0.05, 0.1) is 11.5 Å². The van der Waals surface area contributed by atoms with E-state index in [1.165, 1.54) is 0 Å². The molecule has 0 aromatic carbocycles. The van der Waals surface area contributed by atoms with Crippen molar-refractivity contribution >= 4 is 11.6 Å². The molecule has 3 atom stereocenters. The van der Waals surface area contributed by atoms with E-state index < -0.39 is 0 Å². The molecule has 3 heterocycles. The fourth-order valence-corrected chi connectivity index (χ4v) is 3.17. The first-order chi connectivity index (χ1) is 8.62. The fraction of sp³-hybridized carbons (Fsp3) is 0.545. The summed E-state index contributed by atoms with van der Waals surface area (Å²) in [6, 6.07) is 3.62. The highest BCUT2D eigenvalue weighted by Crippen LogP contribution is 2.47. The highest BCUT2D eigenvalue weighted by molar-refractivity contribution is 6.29. The second kappa shape index (κ2) is 4.15. The van der Waals surface area contributed by atoms with Crippen LogP contribution in [0.1, 0.15) is 18.4 Å². The predicted molar refractivity (Wildman–Crippen MR) is 64.8 cm³/mol. The Morgan fingerprint density at radius 1 is 1.61 bits per heavy atom. The van der Waals surface area contributed by atoms with Crippen LogP contribution in [0.4, 0.5) is 0 Å². The maximum atomic E-state index is 10.9. The molecule has 1 aromatic heterocycles. The van der Waals surface area contributed by atoms with Crippen molar-refractivity contribution in [1.29, 1.82) is 0 Å². The van der Waals surface area contributed by atoms with Gasteiger partial charge in [0, 0.05) is 18.2 Å². The summed E-state index contributed by atoms with van der Waals surface area (Å²) in [6.07, 6.45) is 4.22. The number of hydrogen-bond donors (Lipinski definition) is 0. The average Bonchev–Trinajstić information content (AvgIpc) is 2.74. The molecule has 0 spiro atoms. The topological polar surface area (TPSA) is 59.0 Å². The van der Waals surface area contributed by atoms with Gasteiger partial charge in [-0.25, -0.2) is 4.98 Å². The monoisotopic (exact) mass is 269 g/mol. The molecule has 0 saturated carbocycles. The number of hydrogen-bond acceptors (Lipinski definition) is 4. The first-order valence-corrected chi connectivity index (χ1v) is 6.36. The van der Waals surface area contributed by atoms with Gasteiger partial charge in [-0.3, -0.25) is 10.1 Å². The molecule has 0 amide bonds. The zero-order valence-corrected chi connectivity index (χ0v) is 10.6. The van der Waals surface area contributed by atoms with E-state index in [-0.39, 0.29) is 11.6 Å². The van der Waals surface area contributed by atoms with Gasteiger partial charge >= 0.3 is 6.67 Å². The zero-order valence-electron chi connectivity index (χ0n) is 9.83. The first-order valence-electron chi connectivity index (χ1n) is 5.98. The molecular formula is C11H14ClN4O2+. The Balaban J connectivity index is 1.79. The Morgan fingerprint density at radius 2 is 2.44 bits per heavy atom. The molecule has 3 rings (SSSR count). The van der Waals surface area contributed by atoms with Crippen LogP contribution in [0.2, 0.25) is 5.15 Å². The van der Waals surface area contributed by atoms with E-state index in [0.29, 0.717) is 22.5 Å². The summed E-state index contributed by atoms with van der Waals surface area (Å²) in [7, 11) is 0. The molecule has 1 aromatic rings. The SMILES string of the molecule is O=[N+]([O-])C[N+]1(Cc2ccc(Cl)nc2)C2CCCN21. The van der Waals surface area contributed by atoms with Crippen LogP contribution < -0.4 is 0 Å². The predicted octanol–water partition coefficient (Wildman–Crippen LogP) is 1.64. The van der Waals surface area contributed by atoms with Gasteiger partial charge in [0.15, 0.2) is 0 Å². The maximum absolute atomic E-state index is 10.9. The van der Waals surface area contributed by atoms with Crippen LogP contribution in [-0.4, -0.2) is 38.9 Å². The van der Waals surface area contributed by atoms with Crippen LogP contribution in [0.3, 0.4) is 0 Å². The fourth-order valence-electron chi connectivity index (χ4n) is 3.06. The summed E-state index contributed by atoms with van der Waals surface area (Å²) >= 11 is 5.74. The van der Waals surface area contributed by atoms with Crippen molar-refractivity contribution in [3.63, 3.8) is 0 Å². The molecule has 6 nitrogen and oxygen atoms in total. The van der Waals surface area contributed by atoms with Gasteiger partial charge in [0.1, 0.15) is 11.7 Å². The van der Waals surface area contributed by atoms with Crippen molar-refractivity contribution in [2.75, 3.05) is 13.2 Å². The number of nitro groups is 1. The molecule has 0 N–H and O–H groups in total. The third kappa shape index (κ3) is 1.86. The third-order valence-electron chi connectivity index (χ3n) is 3.81. The van der Waals surface area contributed by atoms with Crippen LogP contribution in [0.15, 0.2) is 18.3 Å². The van der Waals surface area contributed by atoms with Crippen LogP contribution in [-0.2, 0) is 6.54 Å². The van der Waals surface area contributed by atoms with Gasteiger partial charge in [-0.1, -0.05) is 16.6 Å². The standard InChI is InChI=1S/C11H14ClN4O2/c12-10-4-3-9(6-13-10)7-16(8-15(17)18)11-2-1-5-14(11)16/h3-4,6,11H,1-2,5,7-8H2/q+1. The third-order valence-corrected chi connectivity index (χ3v) is 4.03. The first kappa shape index (κ1) is 11.8. The molecular weight excluding hydrogens is 256 g/mol. The molecule has 0 radical (unpaired) electrons. The smallest absolute Gasteiger partial charge is 0.259 e. The quantitative estimate of drug-likeness (QED) is 0.274. The second-order valence-corrected chi connectivity index (χ2v) is 5.28. The van der Waals surface area contributed by atoms with Gasteiger partial charge in [-0.15, -0.1) is 0 Å². The Bertz CT molecular complexity index is 468. The van der Waals surface area contributed by atoms with E-state index >= 15 is 0 Å². The van der Waals surface area contributed by atoms with Crippen LogP contribution >= 0.6 is 11.6 Å². The minimum absolute atomic E-state index is 0.0344. The number of aromatic nitrogens is 1. The summed E-state index contributed by atoms with van der Waals surface area (Å²) in [4.78, 5) is 14.7. The van der Waals surface area contributed by atoms with Gasteiger partial charge < -0.3 is 0 Å². The summed E-state index contributed by atoms with van der Waals surface area (Å²) in [5.74, 6) is 0. The lowest BCUT2D eigenvalue weighted by atomic mass is 10.2. The van der Waals surface area contributed by atoms with Crippen molar-refractivity contribution in [2.45, 2.75) is 25.6 Å². The maximum Gasteiger partial charge on any atom is 0.347 e. The minimum atomic E-state index is -0.221. The van der Waals surface area contributed by atoms with E-state index in [1.807, 2.05) is 6.07 Å². The van der Waals surface area contributed by atoms with Crippen molar-refractivity contribution in [3.05, 3.63) is 39.2 Å². The average molecular weight is 270 g/mol. The molecule has 2 saturated heterocycles. The Hall–Kier alpha value is -1.24. The molecule has 2 fully saturated rings. The van der Waals surface area contributed by atoms with Crippen LogP contribution in [0.5, 0.6) is 0 Å². The number of quaternary nitrogens is 1. The lowest BCUT2D eigenvalue weighted by molar-refractivity contribution is -0.962. The summed E-state index contributed by atoms with van der Waals surface area (Å²) in [6.45, 7) is 1.56. The van der Waals surface area contributed by atoms with Gasteiger partial charge in [-0.05, 0) is 18.6 Å². The summed E-state index contributed by atoms with van der Waals surface area (Å²) in [5.41, 5.74) is 0.996. The van der Waals surface area contributed by atoms with Crippen molar-refractivity contribution in [1.82, 2.24) is 9.99 Å². The van der Waals surface area contributed by atoms with E-state index in [2.05, 4.69) is 9.99 Å². The number of rotatable bonds is 4. The van der Waals surface area contributed by atoms with Gasteiger partial charge in [0.2, 0.25) is 6.17 Å². The lowest BCUT2D eigenvalue weighted by Gasteiger charge is -2.17. The molecule has 2 aliphatic rings. The molecule has 0 aliphatic carbocycles. The van der Waals surface area contributed by atoms with Crippen LogP contribution in [0.25, 0.3) is 0 Å². The summed E-state index contributed by atoms with van der Waals surface area (Å²) < 4.78 is 0.455. The zero-order chi connectivity index (χ0) is 12.8. The van der Waals surface area contributed by atoms with Crippen molar-refractivity contribution in [3.8, 4) is 0 Å². The highest BCUT2D eigenvalue weighted by Gasteiger charge is 2.69. The van der Waals surface area contributed by atoms with Crippen LogP contribution in [0, 0.1) is 10.1 Å². The van der Waals surface area contributed by atoms with E-state index in [1.54, 1.807) is 12.3 Å². The Labute approximate surface area is 109 Å². The number of fused-ring (bicyclic) bond motifs is 1. The van der Waals surface area contributed by atoms with Crippen molar-refractivity contribution < 1.29 is 9.52 Å². The largest absolute Gasteiger partial charge is 0.347 e. The molecule has 18 heavy (non-hydrogen) atoms. The molecule has 2 aliphatic heterocycles. The van der Waals surface area contributed by atoms with Gasteiger partial charge in [-0.2, -0.15) is 4.59 Å². The number of halogens is 1. The van der Waals surface area contributed by atoms with E-state index in [0.717, 1.165) is 24.9 Å². The Morgan fingerprint density at radius 3 is 3.00 bits per heavy atom. The Kier molecular flexibility index (Phi) is 2.73. The number of nitrogens with zero attached hydrogens (tertiary/aromatic N) is 4. The van der Waals surface area contributed by atoms with E-state index in [9.17, 15) is 10.1 Å². The van der Waals surface area contributed by atoms with Crippen molar-refractivity contribution in [2.24, 2.45) is 0 Å². The van der Waals surface area contributed by atoms with Gasteiger partial charge in [0.25, 0.3) is 0 Å². The van der Waals surface area contributed by atoms with E-state index in [4.69, 9.17) is 11.6 Å². The lowest BCUT2D eigenvalue weighted by Crippen LogP contribution is -2.38. The normalized spacial score (nSPS) is 33.2. The molecule has 96 valence electrons. The summed E-state index contributed by atoms with van der Waals surface area (Å²) in [5, 5.41) is 13.5. The minimum Gasteiger partial charge on any atom is -0.259 e. The number of pyridine rings is 1.